The van der Waals surface area contributed by atoms with E-state index in [0.717, 1.165) is 10.4 Å². The van der Waals surface area contributed by atoms with Crippen molar-refractivity contribution in [1.29, 1.82) is 0 Å². The van der Waals surface area contributed by atoms with Crippen LogP contribution in [0.1, 0.15) is 20.7 Å². The summed E-state index contributed by atoms with van der Waals surface area (Å²) in [6.45, 7) is 19.7. The molecule has 0 saturated carbocycles. The van der Waals surface area contributed by atoms with E-state index < -0.39 is 34.0 Å². The Morgan fingerprint density at radius 2 is 0.969 bits per heavy atom. The summed E-state index contributed by atoms with van der Waals surface area (Å²) in [5.41, 5.74) is 4.51. The second-order valence-corrected chi connectivity index (χ2v) is 17.1. The van der Waals surface area contributed by atoms with Crippen LogP contribution in [0, 0.1) is 0 Å². The van der Waals surface area contributed by atoms with Gasteiger partial charge in [-0.15, -0.1) is 13.2 Å². The molecular formula is C24H28O6Si2. The molecule has 0 spiro atoms. The van der Waals surface area contributed by atoms with Crippen molar-refractivity contribution >= 4 is 38.5 Å². The van der Waals surface area contributed by atoms with Gasteiger partial charge in [0, 0.05) is 0 Å². The largest absolute Gasteiger partial charge is 0.386 e. The lowest BCUT2D eigenvalue weighted by molar-refractivity contribution is -0.317. The first kappa shape index (κ1) is 24.9. The molecule has 8 heteroatoms. The highest BCUT2D eigenvalue weighted by Gasteiger charge is 2.21. The predicted octanol–water partition coefficient (Wildman–Crippen LogP) is 4.32. The maximum atomic E-state index is 12.1. The standard InChI is InChI=1S/C24H28O6Si2/c1-8-31(4,5)21-14-10-19(11-15-21)23(25)29-27-18(3)28-30-24(26)20-12-16-22(17-13-20)32(6,7)9-2/h8-17H,1-3H2,4-7H3. The molecule has 2 aromatic rings. The molecule has 0 heterocycles. The number of carbonyl (C=O) groups is 2. The molecule has 0 N–H and O–H groups in total. The molecule has 0 aliphatic rings. The van der Waals surface area contributed by atoms with Gasteiger partial charge in [-0.25, -0.2) is 29.1 Å². The zero-order valence-corrected chi connectivity index (χ0v) is 20.8. The van der Waals surface area contributed by atoms with E-state index in [-0.39, 0.29) is 0 Å². The minimum atomic E-state index is -1.72. The molecule has 0 saturated heterocycles. The maximum absolute atomic E-state index is 12.1. The average Bonchev–Trinajstić information content (AvgIpc) is 2.81. The summed E-state index contributed by atoms with van der Waals surface area (Å²) >= 11 is 0. The highest BCUT2D eigenvalue weighted by Crippen LogP contribution is 2.11. The van der Waals surface area contributed by atoms with Crippen LogP contribution in [-0.2, 0) is 19.6 Å². The van der Waals surface area contributed by atoms with Gasteiger partial charge in [0.05, 0.1) is 11.1 Å². The minimum Gasteiger partial charge on any atom is -0.243 e. The number of benzene rings is 2. The van der Waals surface area contributed by atoms with E-state index in [1.54, 1.807) is 24.3 Å². The Kier molecular flexibility index (Phi) is 8.01. The average molecular weight is 469 g/mol. The minimum absolute atomic E-state index is 0.290. The fourth-order valence-corrected chi connectivity index (χ4v) is 5.11. The predicted molar refractivity (Wildman–Crippen MR) is 130 cm³/mol. The SMILES string of the molecule is C=C[Si](C)(C)c1ccc(C(=O)OOC(=C)OOC(=O)c2ccc([Si](C)(C)C=C)cc2)cc1. The number of rotatable bonds is 10. The summed E-state index contributed by atoms with van der Waals surface area (Å²) in [6, 6.07) is 14.0. The van der Waals surface area contributed by atoms with Crippen molar-refractivity contribution in [3.8, 4) is 0 Å². The third-order valence-corrected chi connectivity index (χ3v) is 10.9. The summed E-state index contributed by atoms with van der Waals surface area (Å²) in [5, 5.41) is 2.26. The third kappa shape index (κ3) is 6.32. The van der Waals surface area contributed by atoms with Gasteiger partial charge in [-0.2, -0.15) is 0 Å². The molecule has 6 nitrogen and oxygen atoms in total. The first-order chi connectivity index (χ1) is 15.0. The van der Waals surface area contributed by atoms with Crippen LogP contribution in [0.25, 0.3) is 0 Å². The molecule has 0 amide bonds. The quantitative estimate of drug-likeness (QED) is 0.224. The Morgan fingerprint density at radius 1 is 0.656 bits per heavy atom. The summed E-state index contributed by atoms with van der Waals surface area (Å²) < 4.78 is 0. The van der Waals surface area contributed by atoms with Gasteiger partial charge in [0.1, 0.15) is 16.1 Å². The lowest BCUT2D eigenvalue weighted by Crippen LogP contribution is -2.39. The van der Waals surface area contributed by atoms with Crippen molar-refractivity contribution in [1.82, 2.24) is 0 Å². The molecule has 0 radical (unpaired) electrons. The molecule has 0 aliphatic carbocycles. The summed E-state index contributed by atoms with van der Waals surface area (Å²) in [7, 11) is -3.43. The van der Waals surface area contributed by atoms with Gasteiger partial charge in [0.2, 0.25) is 0 Å². The zero-order valence-electron chi connectivity index (χ0n) is 18.8. The second-order valence-electron chi connectivity index (χ2n) is 8.29. The normalized spacial score (nSPS) is 11.1. The van der Waals surface area contributed by atoms with Crippen molar-refractivity contribution in [2.75, 3.05) is 0 Å². The van der Waals surface area contributed by atoms with Gasteiger partial charge in [0.25, 0.3) is 0 Å². The van der Waals surface area contributed by atoms with Crippen molar-refractivity contribution in [3.63, 3.8) is 0 Å². The van der Waals surface area contributed by atoms with E-state index >= 15 is 0 Å². The fraction of sp³-hybridized carbons (Fsp3) is 0.167. The van der Waals surface area contributed by atoms with Crippen LogP contribution in [0.3, 0.4) is 0 Å². The van der Waals surface area contributed by atoms with Gasteiger partial charge in [0.15, 0.2) is 0 Å². The van der Waals surface area contributed by atoms with Gasteiger partial charge >= 0.3 is 17.9 Å². The molecule has 168 valence electrons. The van der Waals surface area contributed by atoms with E-state index in [2.05, 4.69) is 65.5 Å². The number of hydrogen-bond acceptors (Lipinski definition) is 6. The van der Waals surface area contributed by atoms with Crippen molar-refractivity contribution in [2.24, 2.45) is 0 Å². The van der Waals surface area contributed by atoms with Crippen molar-refractivity contribution in [2.45, 2.75) is 26.2 Å². The summed E-state index contributed by atoms with van der Waals surface area (Å²) in [6.07, 6.45) is 0. The zero-order chi connectivity index (χ0) is 23.9. The Hall–Kier alpha value is -3.37. The van der Waals surface area contributed by atoms with Crippen LogP contribution in [0.15, 0.2) is 85.6 Å². The van der Waals surface area contributed by atoms with Crippen LogP contribution >= 0.6 is 0 Å². The first-order valence-electron chi connectivity index (χ1n) is 9.95. The fourth-order valence-electron chi connectivity index (χ4n) is 2.59. The molecule has 0 aromatic heterocycles. The molecule has 32 heavy (non-hydrogen) atoms. The highest BCUT2D eigenvalue weighted by molar-refractivity contribution is 6.94. The summed E-state index contributed by atoms with van der Waals surface area (Å²) in [4.78, 5) is 42.9. The molecule has 0 fully saturated rings. The molecule has 2 aromatic carbocycles. The van der Waals surface area contributed by atoms with E-state index in [4.69, 9.17) is 0 Å². The Bertz CT molecular complexity index is 926. The molecule has 0 bridgehead atoms. The summed E-state index contributed by atoms with van der Waals surface area (Å²) in [5.74, 6) is -1.98. The van der Waals surface area contributed by atoms with Gasteiger partial charge in [-0.05, 0) is 30.8 Å². The van der Waals surface area contributed by atoms with Crippen LogP contribution in [0.2, 0.25) is 26.2 Å². The first-order valence-corrected chi connectivity index (χ1v) is 16.1. The van der Waals surface area contributed by atoms with Crippen LogP contribution in [0.5, 0.6) is 0 Å². The van der Waals surface area contributed by atoms with E-state index in [9.17, 15) is 9.59 Å². The smallest absolute Gasteiger partial charge is 0.243 e. The van der Waals surface area contributed by atoms with E-state index in [1.807, 2.05) is 35.7 Å². The molecule has 0 unspecified atom stereocenters. The lowest BCUT2D eigenvalue weighted by atomic mass is 10.2. The Morgan fingerprint density at radius 3 is 1.25 bits per heavy atom. The van der Waals surface area contributed by atoms with Gasteiger partial charge in [-0.3, -0.25) is 0 Å². The number of carbonyl (C=O) groups excluding carboxylic acids is 2. The Balaban J connectivity index is 1.84. The lowest BCUT2D eigenvalue weighted by Gasteiger charge is -2.17. The van der Waals surface area contributed by atoms with Crippen LogP contribution in [-0.4, -0.2) is 28.1 Å². The van der Waals surface area contributed by atoms with Crippen molar-refractivity contribution in [3.05, 3.63) is 96.7 Å². The second kappa shape index (κ2) is 10.3. The number of hydrogen-bond donors (Lipinski definition) is 0. The van der Waals surface area contributed by atoms with Gasteiger partial charge in [-0.1, -0.05) is 72.2 Å². The Labute approximate surface area is 190 Å². The van der Waals surface area contributed by atoms with Gasteiger partial charge < -0.3 is 0 Å². The third-order valence-electron chi connectivity index (χ3n) is 5.17. The topological polar surface area (TPSA) is 71.1 Å². The van der Waals surface area contributed by atoms with Crippen molar-refractivity contribution < 1.29 is 29.1 Å². The molecule has 0 atom stereocenters. The molecule has 2 rings (SSSR count). The van der Waals surface area contributed by atoms with Crippen LogP contribution < -0.4 is 10.4 Å². The maximum Gasteiger partial charge on any atom is 0.386 e. The van der Waals surface area contributed by atoms with Crippen LogP contribution in [0.4, 0.5) is 0 Å². The van der Waals surface area contributed by atoms with E-state index in [1.165, 1.54) is 0 Å². The molecule has 0 aliphatic heterocycles. The molecular weight excluding hydrogens is 440 g/mol. The van der Waals surface area contributed by atoms with E-state index in [0.29, 0.717) is 11.1 Å². The highest BCUT2D eigenvalue weighted by atomic mass is 28.3. The monoisotopic (exact) mass is 468 g/mol.